The number of nitrogens with zero attached hydrogens (tertiary/aromatic N) is 1. The van der Waals surface area contributed by atoms with Crippen LogP contribution in [0.2, 0.25) is 0 Å². The van der Waals surface area contributed by atoms with Crippen molar-refractivity contribution in [2.75, 3.05) is 6.54 Å². The van der Waals surface area contributed by atoms with E-state index in [1.54, 1.807) is 18.3 Å². The van der Waals surface area contributed by atoms with Crippen molar-refractivity contribution < 1.29 is 9.59 Å². The zero-order valence-electron chi connectivity index (χ0n) is 8.53. The number of aromatic nitrogens is 1. The first kappa shape index (κ1) is 14.3. The maximum Gasteiger partial charge on any atom is 0.267 e. The van der Waals surface area contributed by atoms with Gasteiger partial charge in [0.05, 0.1) is 0 Å². The van der Waals surface area contributed by atoms with Crippen molar-refractivity contribution in [3.8, 4) is 0 Å². The molecule has 0 bridgehead atoms. The fourth-order valence-electron chi connectivity index (χ4n) is 1.06. The number of hydrogen-bond donors (Lipinski definition) is 3. The van der Waals surface area contributed by atoms with Crippen LogP contribution in [0.1, 0.15) is 23.3 Å². The number of carbonyl (C=O) groups is 2. The van der Waals surface area contributed by atoms with Gasteiger partial charge >= 0.3 is 0 Å². The average Bonchev–Trinajstić information content (AvgIpc) is 2.77. The van der Waals surface area contributed by atoms with Gasteiger partial charge < -0.3 is 10.3 Å². The largest absolute Gasteiger partial charge is 0.357 e. The standard InChI is InChI=1S/C9H12N4O2.ClH/c10-13-8(14)4-2-6-12-9(15)7-3-1-5-11-7;/h1,3,5,10-11H,2,4,6H2,(H,12,15);1H. The van der Waals surface area contributed by atoms with E-state index in [-0.39, 0.29) is 24.7 Å². The number of carbonyl (C=O) groups excluding carboxylic acids is 2. The number of hydrogen-bond acceptors (Lipinski definition) is 3. The number of halogens is 1. The lowest BCUT2D eigenvalue weighted by molar-refractivity contribution is -0.118. The molecule has 0 spiro atoms. The number of H-pyrrole nitrogens is 1. The zero-order chi connectivity index (χ0) is 11.1. The van der Waals surface area contributed by atoms with Crippen molar-refractivity contribution in [1.82, 2.24) is 10.3 Å². The Morgan fingerprint density at radius 2 is 2.25 bits per heavy atom. The van der Waals surface area contributed by atoms with Crippen molar-refractivity contribution in [2.45, 2.75) is 12.8 Å². The molecule has 16 heavy (non-hydrogen) atoms. The van der Waals surface area contributed by atoms with Crippen LogP contribution in [0.3, 0.4) is 0 Å². The molecule has 6 nitrogen and oxygen atoms in total. The van der Waals surface area contributed by atoms with Crippen LogP contribution in [0.15, 0.2) is 23.4 Å². The fourth-order valence-corrected chi connectivity index (χ4v) is 1.06. The molecule has 0 saturated heterocycles. The van der Waals surface area contributed by atoms with Crippen molar-refractivity contribution in [1.29, 1.82) is 5.53 Å². The molecule has 0 fully saturated rings. The molecule has 0 aromatic carbocycles. The Balaban J connectivity index is 0.00000225. The maximum atomic E-state index is 11.3. The number of aromatic amines is 1. The summed E-state index contributed by atoms with van der Waals surface area (Å²) in [6, 6.07) is 3.40. The van der Waals surface area contributed by atoms with E-state index in [0.29, 0.717) is 18.7 Å². The number of rotatable bonds is 5. The van der Waals surface area contributed by atoms with Crippen molar-refractivity contribution in [3.63, 3.8) is 0 Å². The molecule has 2 amide bonds. The zero-order valence-corrected chi connectivity index (χ0v) is 9.34. The molecule has 1 aromatic heterocycles. The number of amides is 2. The summed E-state index contributed by atoms with van der Waals surface area (Å²) < 4.78 is 0. The summed E-state index contributed by atoms with van der Waals surface area (Å²) in [7, 11) is 0. The minimum atomic E-state index is -0.468. The van der Waals surface area contributed by atoms with Crippen molar-refractivity contribution >= 4 is 24.2 Å². The Labute approximate surface area is 98.7 Å². The first-order valence-corrected chi connectivity index (χ1v) is 4.56. The van der Waals surface area contributed by atoms with E-state index < -0.39 is 5.91 Å². The molecule has 1 aromatic rings. The smallest absolute Gasteiger partial charge is 0.267 e. The lowest BCUT2D eigenvalue weighted by Gasteiger charge is -2.01. The second kappa shape index (κ2) is 7.58. The summed E-state index contributed by atoms with van der Waals surface area (Å²) in [5.74, 6) is -0.667. The molecule has 1 rings (SSSR count). The number of nitrogens with one attached hydrogen (secondary N) is 3. The van der Waals surface area contributed by atoms with Gasteiger partial charge in [-0.1, -0.05) is 0 Å². The van der Waals surface area contributed by atoms with Gasteiger partial charge in [-0.25, -0.2) is 5.53 Å². The van der Waals surface area contributed by atoms with E-state index in [9.17, 15) is 9.59 Å². The van der Waals surface area contributed by atoms with Crippen LogP contribution in [-0.4, -0.2) is 23.3 Å². The molecule has 0 radical (unpaired) electrons. The molecule has 0 atom stereocenters. The second-order valence-electron chi connectivity index (χ2n) is 2.95. The van der Waals surface area contributed by atoms with E-state index in [4.69, 9.17) is 5.53 Å². The van der Waals surface area contributed by atoms with Gasteiger partial charge in [-0.05, 0) is 18.6 Å². The molecule has 0 aliphatic rings. The molecule has 0 unspecified atom stereocenters. The normalized spacial score (nSPS) is 9.00. The topological polar surface area (TPSA) is 98.2 Å². The molecular weight excluding hydrogens is 232 g/mol. The summed E-state index contributed by atoms with van der Waals surface area (Å²) in [6.07, 6.45) is 2.35. The Hall–Kier alpha value is -1.69. The first-order valence-electron chi connectivity index (χ1n) is 4.56. The van der Waals surface area contributed by atoms with Gasteiger partial charge in [-0.2, -0.15) is 0 Å². The third-order valence-corrected chi connectivity index (χ3v) is 1.82. The highest BCUT2D eigenvalue weighted by molar-refractivity contribution is 5.92. The van der Waals surface area contributed by atoms with Gasteiger partial charge in [0.15, 0.2) is 0 Å². The third kappa shape index (κ3) is 4.70. The highest BCUT2D eigenvalue weighted by Crippen LogP contribution is 1.95. The summed E-state index contributed by atoms with van der Waals surface area (Å²) in [4.78, 5) is 24.7. The van der Waals surface area contributed by atoms with Crippen molar-refractivity contribution in [3.05, 3.63) is 24.0 Å². The first-order chi connectivity index (χ1) is 7.24. The maximum absolute atomic E-state index is 11.3. The average molecular weight is 245 g/mol. The van der Waals surface area contributed by atoms with Crippen LogP contribution in [0.5, 0.6) is 0 Å². The van der Waals surface area contributed by atoms with Crippen LogP contribution >= 0.6 is 12.4 Å². The predicted molar refractivity (Wildman–Crippen MR) is 59.8 cm³/mol. The Kier molecular flexibility index (Phi) is 6.78. The molecule has 3 N–H and O–H groups in total. The van der Waals surface area contributed by atoms with Crippen LogP contribution in [0, 0.1) is 5.53 Å². The summed E-state index contributed by atoms with van der Waals surface area (Å²) in [5, 5.41) is 5.39. The molecule has 7 heteroatoms. The van der Waals surface area contributed by atoms with Crippen LogP contribution in [-0.2, 0) is 4.79 Å². The minimum Gasteiger partial charge on any atom is -0.357 e. The van der Waals surface area contributed by atoms with Gasteiger partial charge in [-0.15, -0.1) is 17.5 Å². The minimum absolute atomic E-state index is 0. The Bertz CT molecular complexity index is 350. The molecule has 88 valence electrons. The van der Waals surface area contributed by atoms with Crippen LogP contribution in [0.4, 0.5) is 0 Å². The summed E-state index contributed by atoms with van der Waals surface area (Å²) in [6.45, 7) is 0.402. The Morgan fingerprint density at radius 3 is 2.81 bits per heavy atom. The third-order valence-electron chi connectivity index (χ3n) is 1.82. The molecule has 0 aliphatic carbocycles. The second-order valence-corrected chi connectivity index (χ2v) is 2.95. The van der Waals surface area contributed by atoms with E-state index in [1.165, 1.54) is 0 Å². The van der Waals surface area contributed by atoms with Gasteiger partial charge in [-0.3, -0.25) is 9.59 Å². The van der Waals surface area contributed by atoms with E-state index in [1.807, 2.05) is 0 Å². The monoisotopic (exact) mass is 244 g/mol. The molecular formula is C9H13ClN4O2. The van der Waals surface area contributed by atoms with E-state index in [0.717, 1.165) is 0 Å². The molecule has 1 heterocycles. The molecule has 0 saturated carbocycles. The lowest BCUT2D eigenvalue weighted by Crippen LogP contribution is -2.25. The van der Waals surface area contributed by atoms with Gasteiger partial charge in [0.1, 0.15) is 5.69 Å². The molecule has 0 aliphatic heterocycles. The van der Waals surface area contributed by atoms with E-state index >= 15 is 0 Å². The van der Waals surface area contributed by atoms with E-state index in [2.05, 4.69) is 15.4 Å². The SMILES string of the molecule is Cl.N=NC(=O)CCCNC(=O)c1ccc[nH]1. The highest BCUT2D eigenvalue weighted by atomic mass is 35.5. The van der Waals surface area contributed by atoms with Gasteiger partial charge in [0, 0.05) is 19.2 Å². The lowest BCUT2D eigenvalue weighted by atomic mass is 10.3. The Morgan fingerprint density at radius 1 is 1.50 bits per heavy atom. The van der Waals surface area contributed by atoms with Gasteiger partial charge in [0.2, 0.25) is 0 Å². The van der Waals surface area contributed by atoms with Crippen LogP contribution < -0.4 is 5.32 Å². The fraction of sp³-hybridized carbons (Fsp3) is 0.333. The summed E-state index contributed by atoms with van der Waals surface area (Å²) in [5.41, 5.74) is 6.92. The van der Waals surface area contributed by atoms with Crippen molar-refractivity contribution in [2.24, 2.45) is 5.11 Å². The van der Waals surface area contributed by atoms with Gasteiger partial charge in [0.25, 0.3) is 11.8 Å². The summed E-state index contributed by atoms with van der Waals surface area (Å²) >= 11 is 0. The quantitative estimate of drug-likeness (QED) is 0.540. The highest BCUT2D eigenvalue weighted by Gasteiger charge is 2.04. The van der Waals surface area contributed by atoms with Crippen LogP contribution in [0.25, 0.3) is 0 Å². The predicted octanol–water partition coefficient (Wildman–Crippen LogP) is 1.50.